The Bertz CT molecular complexity index is 1020. The number of nitrogens with zero attached hydrogens (tertiary/aromatic N) is 3. The van der Waals surface area contributed by atoms with Crippen LogP contribution in [0.5, 0.6) is 5.88 Å². The molecule has 1 N–H and O–H groups in total. The van der Waals surface area contributed by atoms with Gasteiger partial charge in [-0.25, -0.2) is 9.97 Å². The summed E-state index contributed by atoms with van der Waals surface area (Å²) < 4.78 is 5.47. The highest BCUT2D eigenvalue weighted by Gasteiger charge is 2.19. The van der Waals surface area contributed by atoms with Crippen molar-refractivity contribution in [2.75, 3.05) is 30.4 Å². The van der Waals surface area contributed by atoms with Gasteiger partial charge in [-0.15, -0.1) is 0 Å². The number of fused-ring (bicyclic) bond motifs is 1. The predicted molar refractivity (Wildman–Crippen MR) is 112 cm³/mol. The van der Waals surface area contributed by atoms with Crippen molar-refractivity contribution in [1.29, 1.82) is 0 Å². The fourth-order valence-corrected chi connectivity index (χ4v) is 3.62. The van der Waals surface area contributed by atoms with Gasteiger partial charge in [0.15, 0.2) is 5.82 Å². The molecular weight excluding hydrogens is 376 g/mol. The number of hydrogen-bond donors (Lipinski definition) is 1. The molecule has 0 saturated carbocycles. The first-order valence-electron chi connectivity index (χ1n) is 9.32. The van der Waals surface area contributed by atoms with E-state index in [1.54, 1.807) is 37.4 Å². The van der Waals surface area contributed by atoms with Crippen LogP contribution in [-0.2, 0) is 0 Å². The van der Waals surface area contributed by atoms with Crippen LogP contribution in [0.4, 0.5) is 11.5 Å². The molecule has 0 unspecified atom stereocenters. The van der Waals surface area contributed by atoms with Gasteiger partial charge < -0.3 is 15.0 Å². The summed E-state index contributed by atoms with van der Waals surface area (Å²) in [6.07, 6.45) is 3.51. The average molecular weight is 397 g/mol. The summed E-state index contributed by atoms with van der Waals surface area (Å²) in [6, 6.07) is 12.4. The highest BCUT2D eigenvalue weighted by molar-refractivity contribution is 6.34. The summed E-state index contributed by atoms with van der Waals surface area (Å²) in [5.41, 5.74) is 2.49. The van der Waals surface area contributed by atoms with Crippen LogP contribution in [0, 0.1) is 0 Å². The zero-order valence-corrected chi connectivity index (χ0v) is 16.4. The topological polar surface area (TPSA) is 67.3 Å². The Kier molecular flexibility index (Phi) is 5.30. The van der Waals surface area contributed by atoms with Gasteiger partial charge in [-0.2, -0.15) is 0 Å². The Morgan fingerprint density at radius 1 is 1.07 bits per heavy atom. The molecule has 0 atom stereocenters. The summed E-state index contributed by atoms with van der Waals surface area (Å²) in [5.74, 6) is 1.02. The number of rotatable bonds is 4. The van der Waals surface area contributed by atoms with Crippen molar-refractivity contribution in [2.24, 2.45) is 0 Å². The number of piperidine rings is 1. The molecule has 2 heterocycles. The van der Waals surface area contributed by atoms with E-state index in [1.807, 2.05) is 12.1 Å². The van der Waals surface area contributed by atoms with Gasteiger partial charge in [0, 0.05) is 18.8 Å². The van der Waals surface area contributed by atoms with Gasteiger partial charge in [0.25, 0.3) is 11.8 Å². The number of methoxy groups -OCH3 is 1. The van der Waals surface area contributed by atoms with E-state index in [0.717, 1.165) is 31.7 Å². The third kappa shape index (κ3) is 3.73. The first-order chi connectivity index (χ1) is 13.7. The molecular formula is C21H21ClN4O2. The van der Waals surface area contributed by atoms with Crippen LogP contribution in [0.3, 0.4) is 0 Å². The minimum absolute atomic E-state index is 0.261. The number of ether oxygens (including phenoxy) is 1. The van der Waals surface area contributed by atoms with Crippen LogP contribution in [0.25, 0.3) is 11.0 Å². The summed E-state index contributed by atoms with van der Waals surface area (Å²) in [7, 11) is 1.61. The molecule has 144 valence electrons. The van der Waals surface area contributed by atoms with Gasteiger partial charge in [0.05, 0.1) is 28.7 Å². The third-order valence-corrected chi connectivity index (χ3v) is 5.17. The van der Waals surface area contributed by atoms with Crippen molar-refractivity contribution in [3.63, 3.8) is 0 Å². The standard InChI is InChI=1S/C21H21ClN4O2/c1-28-21-19(26-11-5-2-6-12-26)24-18-13-14(9-10-17(18)25-21)23-20(27)15-7-3-4-8-16(15)22/h3-4,7-10,13H,2,5-6,11-12H2,1H3,(H,23,27). The maximum Gasteiger partial charge on any atom is 0.257 e. The SMILES string of the molecule is COc1nc2ccc(NC(=O)c3ccccc3Cl)cc2nc1N1CCCCC1. The maximum atomic E-state index is 12.5. The van der Waals surface area contributed by atoms with Crippen molar-refractivity contribution < 1.29 is 9.53 Å². The molecule has 3 aromatic rings. The molecule has 0 aliphatic carbocycles. The lowest BCUT2D eigenvalue weighted by Gasteiger charge is -2.28. The van der Waals surface area contributed by atoms with E-state index < -0.39 is 0 Å². The van der Waals surface area contributed by atoms with Crippen LogP contribution >= 0.6 is 11.6 Å². The molecule has 7 heteroatoms. The Morgan fingerprint density at radius 3 is 2.61 bits per heavy atom. The number of carbonyl (C=O) groups excluding carboxylic acids is 1. The van der Waals surface area contributed by atoms with Crippen molar-refractivity contribution in [1.82, 2.24) is 9.97 Å². The van der Waals surface area contributed by atoms with E-state index in [2.05, 4.69) is 15.2 Å². The maximum absolute atomic E-state index is 12.5. The molecule has 1 aromatic heterocycles. The first-order valence-corrected chi connectivity index (χ1v) is 9.70. The van der Waals surface area contributed by atoms with E-state index in [-0.39, 0.29) is 5.91 Å². The lowest BCUT2D eigenvalue weighted by Crippen LogP contribution is -2.30. The quantitative estimate of drug-likeness (QED) is 0.701. The number of halogens is 1. The number of carbonyl (C=O) groups is 1. The Hall–Kier alpha value is -2.86. The van der Waals surface area contributed by atoms with Gasteiger partial charge in [-0.1, -0.05) is 23.7 Å². The van der Waals surface area contributed by atoms with Gasteiger partial charge in [0.1, 0.15) is 0 Å². The smallest absolute Gasteiger partial charge is 0.257 e. The Morgan fingerprint density at radius 2 is 1.86 bits per heavy atom. The highest BCUT2D eigenvalue weighted by Crippen LogP contribution is 2.30. The minimum Gasteiger partial charge on any atom is -0.478 e. The van der Waals surface area contributed by atoms with Crippen LogP contribution in [-0.4, -0.2) is 36.1 Å². The van der Waals surface area contributed by atoms with E-state index in [9.17, 15) is 4.79 Å². The first kappa shape index (κ1) is 18.5. The Balaban J connectivity index is 1.66. The van der Waals surface area contributed by atoms with E-state index >= 15 is 0 Å². The number of benzene rings is 2. The van der Waals surface area contributed by atoms with Crippen LogP contribution in [0.2, 0.25) is 5.02 Å². The number of nitrogens with one attached hydrogen (secondary N) is 1. The largest absolute Gasteiger partial charge is 0.478 e. The number of aromatic nitrogens is 2. The summed E-state index contributed by atoms with van der Waals surface area (Å²) >= 11 is 6.12. The molecule has 0 bridgehead atoms. The van der Waals surface area contributed by atoms with E-state index in [1.165, 1.54) is 6.42 Å². The van der Waals surface area contributed by atoms with Crippen LogP contribution < -0.4 is 15.0 Å². The molecule has 1 saturated heterocycles. The molecule has 2 aromatic carbocycles. The molecule has 0 radical (unpaired) electrons. The predicted octanol–water partition coefficient (Wildman–Crippen LogP) is 4.53. The molecule has 28 heavy (non-hydrogen) atoms. The van der Waals surface area contributed by atoms with Crippen LogP contribution in [0.1, 0.15) is 29.6 Å². The number of amides is 1. The normalized spacial score (nSPS) is 14.1. The number of anilines is 2. The highest BCUT2D eigenvalue weighted by atomic mass is 35.5. The average Bonchev–Trinajstić information content (AvgIpc) is 2.73. The third-order valence-electron chi connectivity index (χ3n) is 4.84. The fourth-order valence-electron chi connectivity index (χ4n) is 3.40. The molecule has 1 aliphatic rings. The molecule has 1 fully saturated rings. The van der Waals surface area contributed by atoms with Gasteiger partial charge in [-0.05, 0) is 49.6 Å². The fraction of sp³-hybridized carbons (Fsp3) is 0.286. The van der Waals surface area contributed by atoms with Crippen molar-refractivity contribution in [3.8, 4) is 5.88 Å². The minimum atomic E-state index is -0.261. The second-order valence-corrected chi connectivity index (χ2v) is 7.15. The zero-order chi connectivity index (χ0) is 19.5. The molecule has 1 aliphatic heterocycles. The molecule has 6 nitrogen and oxygen atoms in total. The molecule has 4 rings (SSSR count). The zero-order valence-electron chi connectivity index (χ0n) is 15.6. The number of hydrogen-bond acceptors (Lipinski definition) is 5. The van der Waals surface area contributed by atoms with Gasteiger partial charge >= 0.3 is 0 Å². The summed E-state index contributed by atoms with van der Waals surface area (Å²) in [6.45, 7) is 1.89. The van der Waals surface area contributed by atoms with Crippen molar-refractivity contribution >= 4 is 40.0 Å². The second-order valence-electron chi connectivity index (χ2n) is 6.74. The van der Waals surface area contributed by atoms with Crippen molar-refractivity contribution in [2.45, 2.75) is 19.3 Å². The molecule has 1 amide bonds. The van der Waals surface area contributed by atoms with Crippen molar-refractivity contribution in [3.05, 3.63) is 53.1 Å². The Labute approximate surface area is 168 Å². The van der Waals surface area contributed by atoms with Gasteiger partial charge in [0.2, 0.25) is 0 Å². The lowest BCUT2D eigenvalue weighted by molar-refractivity contribution is 0.102. The van der Waals surface area contributed by atoms with E-state index in [4.69, 9.17) is 21.3 Å². The summed E-state index contributed by atoms with van der Waals surface area (Å²) in [4.78, 5) is 24.1. The lowest BCUT2D eigenvalue weighted by atomic mass is 10.1. The van der Waals surface area contributed by atoms with Crippen LogP contribution in [0.15, 0.2) is 42.5 Å². The van der Waals surface area contributed by atoms with Gasteiger partial charge in [-0.3, -0.25) is 4.79 Å². The molecule has 0 spiro atoms. The monoisotopic (exact) mass is 396 g/mol. The second kappa shape index (κ2) is 8.02. The van der Waals surface area contributed by atoms with E-state index in [0.29, 0.717) is 33.2 Å². The summed E-state index contributed by atoms with van der Waals surface area (Å²) in [5, 5.41) is 3.30.